The fraction of sp³-hybridized carbons (Fsp3) is 0.250. The molecule has 0 aliphatic carbocycles. The monoisotopic (exact) mass is 479 g/mol. The number of ketones is 1. The molecule has 2 aromatic carbocycles. The quantitative estimate of drug-likeness (QED) is 0.335. The highest BCUT2D eigenvalue weighted by Crippen LogP contribution is 2.44. The van der Waals surface area contributed by atoms with Gasteiger partial charge in [0, 0.05) is 5.56 Å². The van der Waals surface area contributed by atoms with Crippen LogP contribution >= 0.6 is 11.3 Å². The van der Waals surface area contributed by atoms with Gasteiger partial charge in [0.1, 0.15) is 29.7 Å². The summed E-state index contributed by atoms with van der Waals surface area (Å²) in [5.41, 5.74) is 0.877. The number of rotatable bonds is 5. The third-order valence-electron chi connectivity index (χ3n) is 5.47. The first-order valence-corrected chi connectivity index (χ1v) is 11.5. The molecule has 1 atom stereocenters. The Morgan fingerprint density at radius 1 is 1.15 bits per heavy atom. The molecule has 10 heteroatoms. The van der Waals surface area contributed by atoms with Crippen LogP contribution in [0, 0.1) is 6.92 Å². The van der Waals surface area contributed by atoms with Gasteiger partial charge < -0.3 is 19.3 Å². The van der Waals surface area contributed by atoms with E-state index in [1.165, 1.54) is 16.2 Å². The molecule has 3 aromatic rings. The van der Waals surface area contributed by atoms with Crippen LogP contribution in [0.3, 0.4) is 0 Å². The van der Waals surface area contributed by atoms with Crippen LogP contribution in [0.15, 0.2) is 48.0 Å². The van der Waals surface area contributed by atoms with E-state index >= 15 is 0 Å². The van der Waals surface area contributed by atoms with E-state index in [1.807, 2.05) is 6.92 Å². The number of anilines is 1. The zero-order valence-corrected chi connectivity index (χ0v) is 19.3. The van der Waals surface area contributed by atoms with E-state index in [2.05, 4.69) is 10.2 Å². The number of aryl methyl sites for hydroxylation is 1. The van der Waals surface area contributed by atoms with Crippen LogP contribution in [-0.4, -0.2) is 46.8 Å². The molecule has 34 heavy (non-hydrogen) atoms. The van der Waals surface area contributed by atoms with E-state index in [0.29, 0.717) is 53.2 Å². The Balaban J connectivity index is 1.68. The Bertz CT molecular complexity index is 1320. The number of hydrogen-bond acceptors (Lipinski definition) is 9. The van der Waals surface area contributed by atoms with Crippen LogP contribution in [-0.2, 0) is 9.59 Å². The molecule has 2 aliphatic heterocycles. The first-order valence-electron chi connectivity index (χ1n) is 10.7. The fourth-order valence-corrected chi connectivity index (χ4v) is 4.73. The standard InChI is InChI=1S/C24H21N3O6S/c1-3-31-16-6-4-5-14(11-16)20-19(22(29)23(30)27(20)24-26-25-13(2)34-24)21(28)15-7-8-17-18(12-15)33-10-9-32-17/h4-8,11-12,20,28H,3,9-10H2,1-2H3/b21-19+. The molecule has 0 bridgehead atoms. The summed E-state index contributed by atoms with van der Waals surface area (Å²) in [7, 11) is 0. The second kappa shape index (κ2) is 8.79. The molecule has 2 aliphatic rings. The Kier molecular flexibility index (Phi) is 5.66. The van der Waals surface area contributed by atoms with Crippen molar-refractivity contribution in [1.82, 2.24) is 10.2 Å². The van der Waals surface area contributed by atoms with Gasteiger partial charge in [-0.25, -0.2) is 0 Å². The van der Waals surface area contributed by atoms with Gasteiger partial charge in [-0.05, 0) is 49.7 Å². The Labute approximate surface area is 199 Å². The van der Waals surface area contributed by atoms with Gasteiger partial charge in [0.05, 0.1) is 18.2 Å². The third kappa shape index (κ3) is 3.75. The molecule has 1 unspecified atom stereocenters. The van der Waals surface area contributed by atoms with E-state index in [-0.39, 0.29) is 16.5 Å². The lowest BCUT2D eigenvalue weighted by Gasteiger charge is -2.23. The highest BCUT2D eigenvalue weighted by Gasteiger charge is 2.48. The van der Waals surface area contributed by atoms with Crippen molar-refractivity contribution in [3.63, 3.8) is 0 Å². The minimum absolute atomic E-state index is 0.0526. The number of ether oxygens (including phenoxy) is 3. The van der Waals surface area contributed by atoms with Gasteiger partial charge in [-0.1, -0.05) is 23.5 Å². The highest BCUT2D eigenvalue weighted by molar-refractivity contribution is 7.15. The molecule has 5 rings (SSSR count). The van der Waals surface area contributed by atoms with Crippen molar-refractivity contribution in [2.75, 3.05) is 24.7 Å². The van der Waals surface area contributed by atoms with E-state index in [4.69, 9.17) is 14.2 Å². The van der Waals surface area contributed by atoms with Crippen LogP contribution in [0.25, 0.3) is 5.76 Å². The normalized spacial score (nSPS) is 18.9. The molecule has 3 heterocycles. The number of Topliss-reactive ketones (excluding diaryl/α,β-unsaturated/α-hetero) is 1. The van der Waals surface area contributed by atoms with Gasteiger partial charge in [-0.15, -0.1) is 10.2 Å². The van der Waals surface area contributed by atoms with Crippen LogP contribution in [0.2, 0.25) is 0 Å². The maximum atomic E-state index is 13.3. The number of aliphatic hydroxyl groups is 1. The molecule has 0 radical (unpaired) electrons. The second-order valence-electron chi connectivity index (χ2n) is 7.64. The minimum atomic E-state index is -0.916. The van der Waals surface area contributed by atoms with Crippen molar-refractivity contribution in [3.05, 3.63) is 64.2 Å². The third-order valence-corrected chi connectivity index (χ3v) is 6.30. The molecule has 1 N–H and O–H groups in total. The molecule has 174 valence electrons. The topological polar surface area (TPSA) is 111 Å². The summed E-state index contributed by atoms with van der Waals surface area (Å²) < 4.78 is 16.8. The SMILES string of the molecule is CCOc1cccc(C2/C(=C(\O)c3ccc4c(c3)OCCO4)C(=O)C(=O)N2c2nnc(C)s2)c1. The molecular formula is C24H21N3O6S. The summed E-state index contributed by atoms with van der Waals surface area (Å²) in [6.45, 7) is 4.89. The lowest BCUT2D eigenvalue weighted by atomic mass is 9.95. The highest BCUT2D eigenvalue weighted by atomic mass is 32.1. The van der Waals surface area contributed by atoms with Crippen molar-refractivity contribution in [3.8, 4) is 17.2 Å². The van der Waals surface area contributed by atoms with Gasteiger partial charge in [0.25, 0.3) is 5.78 Å². The first kappa shape index (κ1) is 21.9. The lowest BCUT2D eigenvalue weighted by molar-refractivity contribution is -0.132. The van der Waals surface area contributed by atoms with Crippen molar-refractivity contribution >= 4 is 33.9 Å². The molecule has 1 aromatic heterocycles. The number of fused-ring (bicyclic) bond motifs is 1. The van der Waals surface area contributed by atoms with Crippen molar-refractivity contribution < 1.29 is 28.9 Å². The first-order chi connectivity index (χ1) is 16.5. The Morgan fingerprint density at radius 2 is 1.94 bits per heavy atom. The second-order valence-corrected chi connectivity index (χ2v) is 8.80. The largest absolute Gasteiger partial charge is 0.507 e. The summed E-state index contributed by atoms with van der Waals surface area (Å²) >= 11 is 1.19. The van der Waals surface area contributed by atoms with E-state index in [9.17, 15) is 14.7 Å². The van der Waals surface area contributed by atoms with Crippen LogP contribution in [0.5, 0.6) is 17.2 Å². The van der Waals surface area contributed by atoms with E-state index < -0.39 is 17.7 Å². The molecular weight excluding hydrogens is 458 g/mol. The summed E-state index contributed by atoms with van der Waals surface area (Å²) in [6.07, 6.45) is 0. The minimum Gasteiger partial charge on any atom is -0.507 e. The number of amides is 1. The average molecular weight is 480 g/mol. The number of benzene rings is 2. The number of aliphatic hydroxyl groups excluding tert-OH is 1. The van der Waals surface area contributed by atoms with Crippen LogP contribution in [0.4, 0.5) is 5.13 Å². The Hall–Kier alpha value is -3.92. The molecule has 1 fully saturated rings. The number of nitrogens with zero attached hydrogens (tertiary/aromatic N) is 3. The molecule has 9 nitrogen and oxygen atoms in total. The van der Waals surface area contributed by atoms with Gasteiger partial charge in [0.2, 0.25) is 5.13 Å². The predicted molar refractivity (Wildman–Crippen MR) is 124 cm³/mol. The van der Waals surface area contributed by atoms with Crippen molar-refractivity contribution in [2.45, 2.75) is 19.9 Å². The van der Waals surface area contributed by atoms with Gasteiger partial charge in [-0.3, -0.25) is 14.5 Å². The van der Waals surface area contributed by atoms with E-state index in [0.717, 1.165) is 0 Å². The zero-order valence-electron chi connectivity index (χ0n) is 18.5. The summed E-state index contributed by atoms with van der Waals surface area (Å²) in [6, 6.07) is 11.1. The average Bonchev–Trinajstić information content (AvgIpc) is 3.39. The zero-order chi connectivity index (χ0) is 23.8. The number of carbonyl (C=O) groups excluding carboxylic acids is 2. The van der Waals surface area contributed by atoms with Crippen LogP contribution < -0.4 is 19.1 Å². The number of carbonyl (C=O) groups is 2. The van der Waals surface area contributed by atoms with Gasteiger partial charge in [-0.2, -0.15) is 0 Å². The van der Waals surface area contributed by atoms with Crippen molar-refractivity contribution in [1.29, 1.82) is 0 Å². The predicted octanol–water partition coefficient (Wildman–Crippen LogP) is 3.64. The smallest absolute Gasteiger partial charge is 0.301 e. The molecule has 1 saturated heterocycles. The summed E-state index contributed by atoms with van der Waals surface area (Å²) in [5, 5.41) is 20.3. The van der Waals surface area contributed by atoms with Crippen LogP contribution in [0.1, 0.15) is 29.1 Å². The van der Waals surface area contributed by atoms with Gasteiger partial charge in [0.15, 0.2) is 11.5 Å². The van der Waals surface area contributed by atoms with Crippen molar-refractivity contribution in [2.24, 2.45) is 0 Å². The number of aromatic nitrogens is 2. The summed E-state index contributed by atoms with van der Waals surface area (Å²) in [5.74, 6) is -0.328. The molecule has 0 spiro atoms. The van der Waals surface area contributed by atoms with Gasteiger partial charge >= 0.3 is 5.91 Å². The fourth-order valence-electron chi connectivity index (χ4n) is 4.02. The Morgan fingerprint density at radius 3 is 2.68 bits per heavy atom. The maximum absolute atomic E-state index is 13.3. The maximum Gasteiger partial charge on any atom is 0.301 e. The molecule has 0 saturated carbocycles. The summed E-state index contributed by atoms with van der Waals surface area (Å²) in [4.78, 5) is 27.7. The number of hydrogen-bond donors (Lipinski definition) is 1. The molecule has 1 amide bonds. The van der Waals surface area contributed by atoms with E-state index in [1.54, 1.807) is 49.4 Å². The lowest BCUT2D eigenvalue weighted by Crippen LogP contribution is -2.29.